The smallest absolute Gasteiger partial charge is 0.323 e. The first kappa shape index (κ1) is 19.6. The fraction of sp³-hybridized carbons (Fsp3) is 0.429. The van der Waals surface area contributed by atoms with Gasteiger partial charge in [0, 0.05) is 32.4 Å². The Morgan fingerprint density at radius 3 is 2.52 bits per heavy atom. The SMILES string of the molecule is O=C(Nc1ncc(C(=O)N2CCCCC2)s1)N1CCC(=Cc2ccccn2)CC1. The summed E-state index contributed by atoms with van der Waals surface area (Å²) in [6, 6.07) is 5.70. The first-order valence-electron chi connectivity index (χ1n) is 10.1. The average molecular weight is 412 g/mol. The van der Waals surface area contributed by atoms with E-state index in [0.29, 0.717) is 23.1 Å². The number of thiazole rings is 1. The summed E-state index contributed by atoms with van der Waals surface area (Å²) in [6.45, 7) is 2.94. The molecular formula is C21H25N5O2S. The zero-order valence-electron chi connectivity index (χ0n) is 16.3. The van der Waals surface area contributed by atoms with Crippen molar-refractivity contribution in [2.75, 3.05) is 31.5 Å². The number of likely N-dealkylation sites (tertiary alicyclic amines) is 2. The number of aromatic nitrogens is 2. The van der Waals surface area contributed by atoms with Crippen LogP contribution in [-0.4, -0.2) is 57.9 Å². The van der Waals surface area contributed by atoms with Gasteiger partial charge in [-0.3, -0.25) is 15.1 Å². The topological polar surface area (TPSA) is 78.4 Å². The maximum Gasteiger partial charge on any atom is 0.323 e. The molecule has 2 aromatic heterocycles. The van der Waals surface area contributed by atoms with E-state index in [2.05, 4.69) is 21.4 Å². The van der Waals surface area contributed by atoms with Crippen molar-refractivity contribution < 1.29 is 9.59 Å². The number of anilines is 1. The number of hydrogen-bond donors (Lipinski definition) is 1. The highest BCUT2D eigenvalue weighted by Crippen LogP contribution is 2.23. The summed E-state index contributed by atoms with van der Waals surface area (Å²) in [6.07, 6.45) is 10.4. The van der Waals surface area contributed by atoms with Crippen LogP contribution in [0.5, 0.6) is 0 Å². The van der Waals surface area contributed by atoms with Crippen molar-refractivity contribution >= 4 is 34.5 Å². The van der Waals surface area contributed by atoms with Gasteiger partial charge in [-0.1, -0.05) is 23.0 Å². The van der Waals surface area contributed by atoms with E-state index >= 15 is 0 Å². The molecule has 0 atom stereocenters. The second-order valence-corrected chi connectivity index (χ2v) is 8.39. The zero-order valence-corrected chi connectivity index (χ0v) is 17.2. The number of carbonyl (C=O) groups excluding carboxylic acids is 2. The molecule has 2 aliphatic heterocycles. The monoisotopic (exact) mass is 411 g/mol. The Kier molecular flexibility index (Phi) is 6.19. The molecule has 2 aliphatic rings. The van der Waals surface area contributed by atoms with E-state index in [1.54, 1.807) is 17.3 Å². The first-order valence-corrected chi connectivity index (χ1v) is 10.9. The molecule has 3 amide bonds. The lowest BCUT2D eigenvalue weighted by atomic mass is 10.0. The van der Waals surface area contributed by atoms with Crippen molar-refractivity contribution in [3.05, 3.63) is 46.7 Å². The number of nitrogens with zero attached hydrogens (tertiary/aromatic N) is 4. The number of nitrogens with one attached hydrogen (secondary N) is 1. The maximum atomic E-state index is 12.6. The van der Waals surface area contributed by atoms with Gasteiger partial charge in [-0.15, -0.1) is 0 Å². The number of amides is 3. The highest BCUT2D eigenvalue weighted by atomic mass is 32.1. The van der Waals surface area contributed by atoms with Gasteiger partial charge in [0.2, 0.25) is 0 Å². The van der Waals surface area contributed by atoms with Gasteiger partial charge in [-0.05, 0) is 50.3 Å². The highest BCUT2D eigenvalue weighted by Gasteiger charge is 2.23. The third kappa shape index (κ3) is 5.00. The molecule has 0 radical (unpaired) electrons. The van der Waals surface area contributed by atoms with E-state index in [0.717, 1.165) is 44.5 Å². The minimum atomic E-state index is -0.159. The first-order chi connectivity index (χ1) is 14.2. The van der Waals surface area contributed by atoms with E-state index in [4.69, 9.17) is 0 Å². The third-order valence-electron chi connectivity index (χ3n) is 5.31. The average Bonchev–Trinajstić information content (AvgIpc) is 3.23. The van der Waals surface area contributed by atoms with Crippen molar-refractivity contribution in [3.8, 4) is 0 Å². The predicted octanol–water partition coefficient (Wildman–Crippen LogP) is 3.88. The summed E-state index contributed by atoms with van der Waals surface area (Å²) in [5, 5.41) is 3.32. The molecule has 2 saturated heterocycles. The van der Waals surface area contributed by atoms with E-state index in [1.165, 1.54) is 23.3 Å². The van der Waals surface area contributed by atoms with Gasteiger partial charge < -0.3 is 9.80 Å². The van der Waals surface area contributed by atoms with Gasteiger partial charge in [0.1, 0.15) is 4.88 Å². The Bertz CT molecular complexity index is 879. The zero-order chi connectivity index (χ0) is 20.1. The van der Waals surface area contributed by atoms with E-state index in [1.807, 2.05) is 23.1 Å². The fourth-order valence-corrected chi connectivity index (χ4v) is 4.44. The summed E-state index contributed by atoms with van der Waals surface area (Å²) < 4.78 is 0. The molecule has 0 aliphatic carbocycles. The quantitative estimate of drug-likeness (QED) is 0.831. The van der Waals surface area contributed by atoms with Crippen LogP contribution in [0.2, 0.25) is 0 Å². The van der Waals surface area contributed by atoms with Crippen LogP contribution in [0.3, 0.4) is 0 Å². The van der Waals surface area contributed by atoms with Gasteiger partial charge >= 0.3 is 6.03 Å². The number of rotatable bonds is 3. The van der Waals surface area contributed by atoms with Gasteiger partial charge in [0.05, 0.1) is 11.9 Å². The molecule has 0 bridgehead atoms. The minimum Gasteiger partial charge on any atom is -0.338 e. The number of urea groups is 1. The van der Waals surface area contributed by atoms with Crippen molar-refractivity contribution in [2.45, 2.75) is 32.1 Å². The highest BCUT2D eigenvalue weighted by molar-refractivity contribution is 7.17. The standard InChI is InChI=1S/C21H25N5O2S/c27-19(25-10-4-1-5-11-25)18-15-23-20(29-18)24-21(28)26-12-7-16(8-13-26)14-17-6-2-3-9-22-17/h2-3,6,9,14-15H,1,4-5,7-8,10-13H2,(H,23,24,28). The van der Waals surface area contributed by atoms with E-state index < -0.39 is 0 Å². The van der Waals surface area contributed by atoms with Crippen molar-refractivity contribution in [1.82, 2.24) is 19.8 Å². The van der Waals surface area contributed by atoms with Crippen LogP contribution in [0.25, 0.3) is 6.08 Å². The predicted molar refractivity (Wildman–Crippen MR) is 114 cm³/mol. The number of hydrogen-bond acceptors (Lipinski definition) is 5. The Balaban J connectivity index is 1.29. The second-order valence-electron chi connectivity index (χ2n) is 7.36. The molecule has 7 nitrogen and oxygen atoms in total. The largest absolute Gasteiger partial charge is 0.338 e. The Labute approximate surface area is 174 Å². The van der Waals surface area contributed by atoms with Crippen LogP contribution in [-0.2, 0) is 0 Å². The second kappa shape index (κ2) is 9.17. The van der Waals surface area contributed by atoms with Gasteiger partial charge in [0.25, 0.3) is 5.91 Å². The van der Waals surface area contributed by atoms with Crippen LogP contribution in [0, 0.1) is 0 Å². The number of pyridine rings is 1. The van der Waals surface area contributed by atoms with Gasteiger partial charge in [0.15, 0.2) is 5.13 Å². The van der Waals surface area contributed by atoms with Crippen molar-refractivity contribution in [1.29, 1.82) is 0 Å². The van der Waals surface area contributed by atoms with Crippen molar-refractivity contribution in [3.63, 3.8) is 0 Å². The minimum absolute atomic E-state index is 0.0185. The molecule has 4 rings (SSSR count). The molecule has 8 heteroatoms. The summed E-state index contributed by atoms with van der Waals surface area (Å²) in [5.74, 6) is 0.0185. The Hall–Kier alpha value is -2.74. The molecule has 2 aromatic rings. The number of carbonyl (C=O) groups is 2. The molecule has 29 heavy (non-hydrogen) atoms. The Morgan fingerprint density at radius 2 is 1.79 bits per heavy atom. The Morgan fingerprint density at radius 1 is 1.00 bits per heavy atom. The van der Waals surface area contributed by atoms with E-state index in [9.17, 15) is 9.59 Å². The van der Waals surface area contributed by atoms with Gasteiger partial charge in [-0.2, -0.15) is 0 Å². The summed E-state index contributed by atoms with van der Waals surface area (Å²) in [4.78, 5) is 37.9. The maximum absolute atomic E-state index is 12.6. The fourth-order valence-electron chi connectivity index (χ4n) is 3.67. The summed E-state index contributed by atoms with van der Waals surface area (Å²) in [5.41, 5.74) is 2.26. The van der Waals surface area contributed by atoms with Crippen LogP contribution in [0.1, 0.15) is 47.5 Å². The van der Waals surface area contributed by atoms with E-state index in [-0.39, 0.29) is 11.9 Å². The molecule has 152 valence electrons. The molecule has 0 saturated carbocycles. The third-order valence-corrected chi connectivity index (χ3v) is 6.21. The summed E-state index contributed by atoms with van der Waals surface area (Å²) in [7, 11) is 0. The summed E-state index contributed by atoms with van der Waals surface area (Å²) >= 11 is 1.25. The number of piperidine rings is 2. The molecule has 2 fully saturated rings. The molecule has 4 heterocycles. The van der Waals surface area contributed by atoms with Crippen LogP contribution < -0.4 is 5.32 Å². The van der Waals surface area contributed by atoms with Crippen LogP contribution in [0.4, 0.5) is 9.93 Å². The lowest BCUT2D eigenvalue weighted by molar-refractivity contribution is 0.0729. The van der Waals surface area contributed by atoms with Crippen molar-refractivity contribution in [2.24, 2.45) is 0 Å². The molecule has 1 N–H and O–H groups in total. The molecule has 0 aromatic carbocycles. The van der Waals surface area contributed by atoms with Gasteiger partial charge in [-0.25, -0.2) is 9.78 Å². The lowest BCUT2D eigenvalue weighted by Gasteiger charge is -2.28. The molecule has 0 unspecified atom stereocenters. The lowest BCUT2D eigenvalue weighted by Crippen LogP contribution is -2.39. The molecule has 0 spiro atoms. The van der Waals surface area contributed by atoms with Crippen LogP contribution in [0.15, 0.2) is 36.2 Å². The normalized spacial score (nSPS) is 17.2. The molecular weight excluding hydrogens is 386 g/mol. The van der Waals surface area contributed by atoms with Crippen LogP contribution >= 0.6 is 11.3 Å².